The third-order valence-electron chi connectivity index (χ3n) is 4.76. The predicted octanol–water partition coefficient (Wildman–Crippen LogP) is -0.180. The Morgan fingerprint density at radius 3 is 2.38 bits per heavy atom. The normalized spacial score (nSPS) is 22.0. The van der Waals surface area contributed by atoms with E-state index in [9.17, 15) is 14.4 Å². The van der Waals surface area contributed by atoms with Crippen LogP contribution in [-0.4, -0.2) is 72.9 Å². The Morgan fingerprint density at radius 1 is 1.15 bits per heavy atom. The van der Waals surface area contributed by atoms with Crippen LogP contribution in [0.25, 0.3) is 0 Å². The quantitative estimate of drug-likeness (QED) is 0.707. The second-order valence-corrected chi connectivity index (χ2v) is 6.49. The average Bonchev–Trinajstić information content (AvgIpc) is 2.91. The number of amides is 3. The van der Waals surface area contributed by atoms with E-state index in [1.165, 1.54) is 4.90 Å². The lowest BCUT2D eigenvalue weighted by molar-refractivity contribution is -0.124. The number of nitrogens with two attached hydrogens (primary N) is 1. The van der Waals surface area contributed by atoms with Gasteiger partial charge in [-0.25, -0.2) is 4.90 Å². The van der Waals surface area contributed by atoms with E-state index in [-0.39, 0.29) is 30.7 Å². The summed E-state index contributed by atoms with van der Waals surface area (Å²) in [5, 5.41) is 0. The Kier molecular flexibility index (Phi) is 5.53. The van der Waals surface area contributed by atoms with E-state index in [1.54, 1.807) is 24.3 Å². The van der Waals surface area contributed by atoms with Crippen LogP contribution in [0.3, 0.4) is 0 Å². The van der Waals surface area contributed by atoms with E-state index in [4.69, 9.17) is 10.5 Å². The van der Waals surface area contributed by atoms with Gasteiger partial charge in [0.1, 0.15) is 5.75 Å². The van der Waals surface area contributed by atoms with Crippen molar-refractivity contribution in [2.45, 2.75) is 19.4 Å². The van der Waals surface area contributed by atoms with E-state index < -0.39 is 6.04 Å². The molecule has 26 heavy (non-hydrogen) atoms. The maximum Gasteiger partial charge on any atom is 0.251 e. The van der Waals surface area contributed by atoms with Crippen molar-refractivity contribution in [2.24, 2.45) is 5.73 Å². The summed E-state index contributed by atoms with van der Waals surface area (Å²) in [5.74, 6) is -0.0315. The Labute approximate surface area is 152 Å². The average molecular weight is 360 g/mol. The summed E-state index contributed by atoms with van der Waals surface area (Å²) in [6.07, 6.45) is 0.182. The van der Waals surface area contributed by atoms with Gasteiger partial charge in [0.05, 0.1) is 31.3 Å². The van der Waals surface area contributed by atoms with Crippen molar-refractivity contribution in [2.75, 3.05) is 44.2 Å². The maximum atomic E-state index is 12.8. The van der Waals surface area contributed by atoms with Gasteiger partial charge >= 0.3 is 0 Å². The molecule has 8 heteroatoms. The van der Waals surface area contributed by atoms with Gasteiger partial charge in [0.25, 0.3) is 5.91 Å². The topological polar surface area (TPSA) is 96.2 Å². The molecule has 0 spiro atoms. The van der Waals surface area contributed by atoms with Gasteiger partial charge in [-0.1, -0.05) is 0 Å². The number of piperazine rings is 1. The molecule has 0 aliphatic carbocycles. The minimum atomic E-state index is -0.440. The third-order valence-corrected chi connectivity index (χ3v) is 4.76. The molecule has 8 nitrogen and oxygen atoms in total. The largest absolute Gasteiger partial charge is 0.494 e. The van der Waals surface area contributed by atoms with Crippen molar-refractivity contribution in [1.82, 2.24) is 9.80 Å². The number of benzene rings is 1. The first kappa shape index (κ1) is 18.3. The fourth-order valence-electron chi connectivity index (χ4n) is 3.48. The predicted molar refractivity (Wildman–Crippen MR) is 95.7 cm³/mol. The summed E-state index contributed by atoms with van der Waals surface area (Å²) in [4.78, 5) is 41.5. The summed E-state index contributed by atoms with van der Waals surface area (Å²) < 4.78 is 5.40. The molecule has 0 unspecified atom stereocenters. The number of carbonyl (C=O) groups excluding carboxylic acids is 3. The zero-order valence-electron chi connectivity index (χ0n) is 14.9. The molecule has 0 bridgehead atoms. The lowest BCUT2D eigenvalue weighted by Gasteiger charge is -2.36. The van der Waals surface area contributed by atoms with Gasteiger partial charge in [0, 0.05) is 26.2 Å². The lowest BCUT2D eigenvalue weighted by Crippen LogP contribution is -2.53. The van der Waals surface area contributed by atoms with Crippen molar-refractivity contribution < 1.29 is 19.1 Å². The van der Waals surface area contributed by atoms with Crippen LogP contribution in [-0.2, 0) is 14.4 Å². The summed E-state index contributed by atoms with van der Waals surface area (Å²) >= 11 is 0. The van der Waals surface area contributed by atoms with Crippen molar-refractivity contribution in [3.63, 3.8) is 0 Å². The highest BCUT2D eigenvalue weighted by molar-refractivity contribution is 6.22. The summed E-state index contributed by atoms with van der Waals surface area (Å²) in [5.41, 5.74) is 5.79. The molecular formula is C18H24N4O4. The van der Waals surface area contributed by atoms with Gasteiger partial charge < -0.3 is 10.5 Å². The molecule has 1 aromatic carbocycles. The standard InChI is InChI=1S/C18H24N4O4/c1-2-26-14-5-3-13(4-6-14)22-17(24)11-15(18(22)25)21-9-7-20(8-10-21)12-16(19)23/h3-6,15H,2,7-12H2,1H3,(H2,19,23)/t15-/m1/s1. The number of hydrogen-bond donors (Lipinski definition) is 1. The van der Waals surface area contributed by atoms with Crippen LogP contribution in [0, 0.1) is 0 Å². The highest BCUT2D eigenvalue weighted by atomic mass is 16.5. The van der Waals surface area contributed by atoms with Gasteiger partial charge in [0.2, 0.25) is 11.8 Å². The van der Waals surface area contributed by atoms with E-state index in [0.29, 0.717) is 44.2 Å². The Morgan fingerprint density at radius 2 is 1.81 bits per heavy atom. The van der Waals surface area contributed by atoms with Crippen LogP contribution >= 0.6 is 0 Å². The highest BCUT2D eigenvalue weighted by Gasteiger charge is 2.43. The molecule has 2 fully saturated rings. The molecule has 0 saturated carbocycles. The molecule has 3 amide bonds. The molecule has 0 radical (unpaired) electrons. The number of rotatable bonds is 6. The molecule has 2 saturated heterocycles. The zero-order chi connectivity index (χ0) is 18.7. The van der Waals surface area contributed by atoms with Gasteiger partial charge in [-0.05, 0) is 31.2 Å². The van der Waals surface area contributed by atoms with E-state index in [0.717, 1.165) is 0 Å². The minimum absolute atomic E-state index is 0.182. The molecule has 2 aliphatic rings. The number of imide groups is 1. The first-order valence-corrected chi connectivity index (χ1v) is 8.84. The van der Waals surface area contributed by atoms with Crippen LogP contribution in [0.5, 0.6) is 5.75 Å². The SMILES string of the molecule is CCOc1ccc(N2C(=O)C[C@@H](N3CCN(CC(N)=O)CC3)C2=O)cc1. The van der Waals surface area contributed by atoms with Crippen LogP contribution < -0.4 is 15.4 Å². The maximum absolute atomic E-state index is 12.8. The highest BCUT2D eigenvalue weighted by Crippen LogP contribution is 2.27. The van der Waals surface area contributed by atoms with Gasteiger partial charge in [-0.3, -0.25) is 24.2 Å². The fourth-order valence-corrected chi connectivity index (χ4v) is 3.48. The fraction of sp³-hybridized carbons (Fsp3) is 0.500. The van der Waals surface area contributed by atoms with Crippen LogP contribution in [0.2, 0.25) is 0 Å². The third kappa shape index (κ3) is 3.86. The van der Waals surface area contributed by atoms with E-state index in [2.05, 4.69) is 0 Å². The number of hydrogen-bond acceptors (Lipinski definition) is 6. The Hall–Kier alpha value is -2.45. The second kappa shape index (κ2) is 7.84. The molecule has 2 heterocycles. The number of ether oxygens (including phenoxy) is 1. The number of anilines is 1. The number of nitrogens with zero attached hydrogens (tertiary/aromatic N) is 3. The van der Waals surface area contributed by atoms with Crippen LogP contribution in [0.1, 0.15) is 13.3 Å². The molecule has 0 aromatic heterocycles. The van der Waals surface area contributed by atoms with Crippen molar-refractivity contribution in [3.05, 3.63) is 24.3 Å². The minimum Gasteiger partial charge on any atom is -0.494 e. The number of carbonyl (C=O) groups is 3. The molecule has 2 aliphatic heterocycles. The molecular weight excluding hydrogens is 336 g/mol. The molecule has 2 N–H and O–H groups in total. The van der Waals surface area contributed by atoms with Crippen LogP contribution in [0.15, 0.2) is 24.3 Å². The first-order chi connectivity index (χ1) is 12.5. The Balaban J connectivity index is 1.65. The van der Waals surface area contributed by atoms with Crippen molar-refractivity contribution >= 4 is 23.4 Å². The Bertz CT molecular complexity index is 683. The van der Waals surface area contributed by atoms with E-state index in [1.807, 2.05) is 16.7 Å². The smallest absolute Gasteiger partial charge is 0.251 e. The van der Waals surface area contributed by atoms with Gasteiger partial charge in [-0.2, -0.15) is 0 Å². The van der Waals surface area contributed by atoms with Gasteiger partial charge in [0.15, 0.2) is 0 Å². The summed E-state index contributed by atoms with van der Waals surface area (Å²) in [6.45, 7) is 5.26. The summed E-state index contributed by atoms with van der Waals surface area (Å²) in [6, 6.07) is 6.54. The van der Waals surface area contributed by atoms with Crippen molar-refractivity contribution in [3.8, 4) is 5.75 Å². The molecule has 1 aromatic rings. The second-order valence-electron chi connectivity index (χ2n) is 6.49. The first-order valence-electron chi connectivity index (χ1n) is 8.84. The lowest BCUT2D eigenvalue weighted by atomic mass is 10.1. The summed E-state index contributed by atoms with van der Waals surface area (Å²) in [7, 11) is 0. The van der Waals surface area contributed by atoms with Crippen LogP contribution in [0.4, 0.5) is 5.69 Å². The molecule has 1 atom stereocenters. The monoisotopic (exact) mass is 360 g/mol. The van der Waals surface area contributed by atoms with Gasteiger partial charge in [-0.15, -0.1) is 0 Å². The van der Waals surface area contributed by atoms with E-state index >= 15 is 0 Å². The number of primary amides is 1. The van der Waals surface area contributed by atoms with Crippen molar-refractivity contribution in [1.29, 1.82) is 0 Å². The zero-order valence-corrected chi connectivity index (χ0v) is 14.9. The molecule has 140 valence electrons. The molecule has 3 rings (SSSR count).